The van der Waals surface area contributed by atoms with Crippen LogP contribution in [0.4, 0.5) is 5.69 Å². The molecule has 156 valence electrons. The lowest BCUT2D eigenvalue weighted by molar-refractivity contribution is 0.0983. The van der Waals surface area contributed by atoms with Crippen LogP contribution in [0.15, 0.2) is 113 Å². The Bertz CT molecular complexity index is 1250. The highest BCUT2D eigenvalue weighted by molar-refractivity contribution is 7.90. The van der Waals surface area contributed by atoms with E-state index in [4.69, 9.17) is 4.42 Å². The minimum atomic E-state index is -3.51. The van der Waals surface area contributed by atoms with Gasteiger partial charge in [-0.2, -0.15) is 0 Å². The van der Waals surface area contributed by atoms with Crippen molar-refractivity contribution < 1.29 is 17.6 Å². The molecular formula is C25H21NO4S. The Morgan fingerprint density at radius 1 is 0.806 bits per heavy atom. The summed E-state index contributed by atoms with van der Waals surface area (Å²) in [6.45, 7) is 0.266. The van der Waals surface area contributed by atoms with Crippen LogP contribution in [0.3, 0.4) is 0 Å². The number of hydrogen-bond donors (Lipinski definition) is 0. The van der Waals surface area contributed by atoms with Crippen LogP contribution in [0.1, 0.15) is 21.7 Å². The van der Waals surface area contributed by atoms with Gasteiger partial charge in [0.05, 0.1) is 23.5 Å². The molecule has 4 aromatic rings. The molecule has 0 aliphatic rings. The third-order valence-electron chi connectivity index (χ3n) is 4.84. The summed E-state index contributed by atoms with van der Waals surface area (Å²) in [4.78, 5) is 15.3. The van der Waals surface area contributed by atoms with Crippen molar-refractivity contribution in [2.75, 3.05) is 4.90 Å². The van der Waals surface area contributed by atoms with Crippen LogP contribution in [-0.2, 0) is 22.1 Å². The van der Waals surface area contributed by atoms with Gasteiger partial charge in [0.25, 0.3) is 5.91 Å². The molecule has 0 unspecified atom stereocenters. The number of amides is 1. The van der Waals surface area contributed by atoms with Gasteiger partial charge < -0.3 is 9.32 Å². The Morgan fingerprint density at radius 3 is 2.19 bits per heavy atom. The lowest BCUT2D eigenvalue weighted by atomic mass is 10.1. The molecule has 0 saturated carbocycles. The van der Waals surface area contributed by atoms with Crippen molar-refractivity contribution in [2.45, 2.75) is 17.2 Å². The second-order valence-corrected chi connectivity index (χ2v) is 9.07. The van der Waals surface area contributed by atoms with Crippen molar-refractivity contribution >= 4 is 21.4 Å². The predicted octanol–water partition coefficient (Wildman–Crippen LogP) is 5.10. The summed E-state index contributed by atoms with van der Waals surface area (Å²) >= 11 is 0. The van der Waals surface area contributed by atoms with Gasteiger partial charge in [-0.15, -0.1) is 0 Å². The number of benzene rings is 3. The van der Waals surface area contributed by atoms with Crippen LogP contribution in [0, 0.1) is 0 Å². The van der Waals surface area contributed by atoms with Crippen LogP contribution in [-0.4, -0.2) is 14.3 Å². The van der Waals surface area contributed by atoms with E-state index in [-0.39, 0.29) is 23.1 Å². The molecule has 1 amide bonds. The summed E-state index contributed by atoms with van der Waals surface area (Å²) in [6, 6.07) is 28.0. The molecule has 0 bridgehead atoms. The molecule has 6 heteroatoms. The molecule has 31 heavy (non-hydrogen) atoms. The van der Waals surface area contributed by atoms with E-state index in [1.807, 2.05) is 36.4 Å². The molecule has 0 N–H and O–H groups in total. The maximum absolute atomic E-state index is 13.4. The van der Waals surface area contributed by atoms with E-state index in [1.165, 1.54) is 0 Å². The fourth-order valence-corrected chi connectivity index (χ4v) is 4.68. The molecule has 1 heterocycles. The molecule has 0 saturated heterocycles. The topological polar surface area (TPSA) is 67.6 Å². The second-order valence-electron chi connectivity index (χ2n) is 7.08. The van der Waals surface area contributed by atoms with E-state index in [2.05, 4.69) is 0 Å². The van der Waals surface area contributed by atoms with Crippen molar-refractivity contribution in [3.05, 3.63) is 120 Å². The largest absolute Gasteiger partial charge is 0.467 e. The molecule has 0 aliphatic carbocycles. The fourth-order valence-electron chi connectivity index (χ4n) is 3.33. The van der Waals surface area contributed by atoms with Crippen molar-refractivity contribution in [2.24, 2.45) is 0 Å². The summed E-state index contributed by atoms with van der Waals surface area (Å²) in [7, 11) is -3.51. The third-order valence-corrected chi connectivity index (χ3v) is 6.54. The van der Waals surface area contributed by atoms with Gasteiger partial charge in [-0.3, -0.25) is 4.79 Å². The van der Waals surface area contributed by atoms with Crippen molar-refractivity contribution in [1.82, 2.24) is 0 Å². The Morgan fingerprint density at radius 2 is 1.52 bits per heavy atom. The molecular weight excluding hydrogens is 410 g/mol. The number of anilines is 1. The standard InChI is InChI=1S/C25H21NO4S/c27-25(26(18-23-13-8-16-30-23)22-11-3-1-4-12-22)21-10-7-9-20(17-21)19-31(28,29)24-14-5-2-6-15-24/h1-17H,18-19H2. The van der Waals surface area contributed by atoms with Crippen LogP contribution in [0.25, 0.3) is 0 Å². The highest BCUT2D eigenvalue weighted by Crippen LogP contribution is 2.22. The summed E-state index contributed by atoms with van der Waals surface area (Å²) in [5.41, 5.74) is 1.70. The Hall–Kier alpha value is -3.64. The van der Waals surface area contributed by atoms with Crippen molar-refractivity contribution in [1.29, 1.82) is 0 Å². The zero-order chi connectivity index (χ0) is 21.7. The summed E-state index contributed by atoms with van der Waals surface area (Å²) < 4.78 is 30.9. The zero-order valence-corrected chi connectivity index (χ0v) is 17.5. The van der Waals surface area contributed by atoms with Gasteiger partial charge >= 0.3 is 0 Å². The first-order valence-electron chi connectivity index (χ1n) is 9.79. The Labute approximate surface area is 181 Å². The lowest BCUT2D eigenvalue weighted by Crippen LogP contribution is -2.30. The van der Waals surface area contributed by atoms with E-state index in [0.29, 0.717) is 16.9 Å². The number of sulfone groups is 1. The number of rotatable bonds is 7. The molecule has 0 radical (unpaired) electrons. The SMILES string of the molecule is O=C(c1cccc(CS(=O)(=O)c2ccccc2)c1)N(Cc1ccco1)c1ccccc1. The predicted molar refractivity (Wildman–Crippen MR) is 119 cm³/mol. The van der Waals surface area contributed by atoms with Gasteiger partial charge in [0.2, 0.25) is 0 Å². The first kappa shape index (κ1) is 20.6. The van der Waals surface area contributed by atoms with Crippen LogP contribution < -0.4 is 4.90 Å². The van der Waals surface area contributed by atoms with E-state index in [9.17, 15) is 13.2 Å². The average Bonchev–Trinajstić information content (AvgIpc) is 3.31. The van der Waals surface area contributed by atoms with Crippen molar-refractivity contribution in [3.63, 3.8) is 0 Å². The number of para-hydroxylation sites is 1. The average molecular weight is 432 g/mol. The molecule has 1 aromatic heterocycles. The molecule has 0 atom stereocenters. The monoisotopic (exact) mass is 431 g/mol. The van der Waals surface area contributed by atoms with E-state index < -0.39 is 9.84 Å². The van der Waals surface area contributed by atoms with Gasteiger partial charge in [-0.25, -0.2) is 8.42 Å². The molecule has 4 rings (SSSR count). The summed E-state index contributed by atoms with van der Waals surface area (Å²) in [5.74, 6) is 0.239. The maximum atomic E-state index is 13.4. The number of carbonyl (C=O) groups is 1. The third kappa shape index (κ3) is 4.92. The molecule has 0 aliphatic heterocycles. The highest BCUT2D eigenvalue weighted by atomic mass is 32.2. The molecule has 0 spiro atoms. The lowest BCUT2D eigenvalue weighted by Gasteiger charge is -2.22. The minimum absolute atomic E-state index is 0.179. The maximum Gasteiger partial charge on any atom is 0.258 e. The quantitative estimate of drug-likeness (QED) is 0.408. The van der Waals surface area contributed by atoms with Gasteiger partial charge in [0.15, 0.2) is 9.84 Å². The molecule has 0 fully saturated rings. The van der Waals surface area contributed by atoms with Gasteiger partial charge in [0, 0.05) is 11.3 Å². The van der Waals surface area contributed by atoms with Crippen LogP contribution in [0.2, 0.25) is 0 Å². The van der Waals surface area contributed by atoms with E-state index in [0.717, 1.165) is 5.69 Å². The summed E-state index contributed by atoms with van der Waals surface area (Å²) in [5, 5.41) is 0. The smallest absolute Gasteiger partial charge is 0.258 e. The van der Waals surface area contributed by atoms with Gasteiger partial charge in [-0.1, -0.05) is 48.5 Å². The van der Waals surface area contributed by atoms with Gasteiger partial charge in [0.1, 0.15) is 5.76 Å². The first-order chi connectivity index (χ1) is 15.0. The first-order valence-corrected chi connectivity index (χ1v) is 11.4. The Kier molecular flexibility index (Phi) is 6.00. The molecule has 3 aromatic carbocycles. The van der Waals surface area contributed by atoms with Crippen LogP contribution >= 0.6 is 0 Å². The number of furan rings is 1. The summed E-state index contributed by atoms with van der Waals surface area (Å²) in [6.07, 6.45) is 1.57. The second kappa shape index (κ2) is 9.02. The highest BCUT2D eigenvalue weighted by Gasteiger charge is 2.21. The number of nitrogens with zero attached hydrogens (tertiary/aromatic N) is 1. The van der Waals surface area contributed by atoms with E-state index in [1.54, 1.807) is 71.8 Å². The number of carbonyl (C=O) groups excluding carboxylic acids is 1. The fraction of sp³-hybridized carbons (Fsp3) is 0.0800. The van der Waals surface area contributed by atoms with E-state index >= 15 is 0 Å². The molecule has 5 nitrogen and oxygen atoms in total. The normalized spacial score (nSPS) is 11.2. The minimum Gasteiger partial charge on any atom is -0.467 e. The van der Waals surface area contributed by atoms with Gasteiger partial charge in [-0.05, 0) is 54.1 Å². The van der Waals surface area contributed by atoms with Crippen molar-refractivity contribution in [3.8, 4) is 0 Å². The zero-order valence-electron chi connectivity index (χ0n) is 16.7. The Balaban J connectivity index is 1.62. The number of hydrogen-bond acceptors (Lipinski definition) is 4. The van der Waals surface area contributed by atoms with Crippen LogP contribution in [0.5, 0.6) is 0 Å².